The van der Waals surface area contributed by atoms with E-state index in [2.05, 4.69) is 32.1 Å². The number of nitrogens with one attached hydrogen (secondary N) is 1. The highest BCUT2D eigenvalue weighted by Crippen LogP contribution is 2.31. The third-order valence-electron chi connectivity index (χ3n) is 4.81. The lowest BCUT2D eigenvalue weighted by Gasteiger charge is -2.33. The molecule has 1 aliphatic heterocycles. The molecule has 0 bridgehead atoms. The fourth-order valence-corrected chi connectivity index (χ4v) is 3.38. The van der Waals surface area contributed by atoms with Gasteiger partial charge in [0, 0.05) is 32.2 Å². The Balaban J connectivity index is 1.95. The summed E-state index contributed by atoms with van der Waals surface area (Å²) in [5, 5.41) is 3.05. The SMILES string of the molecule is CCOC(=O)c1c(Nc2cc(N3CCN(C)CC3)nc(C)n2)oc(C)c1C(C)=O. The molecule has 2 aromatic rings. The van der Waals surface area contributed by atoms with Crippen LogP contribution in [0.15, 0.2) is 10.5 Å². The molecule has 0 amide bonds. The number of nitrogens with zero attached hydrogens (tertiary/aromatic N) is 4. The van der Waals surface area contributed by atoms with Crippen molar-refractivity contribution in [2.24, 2.45) is 0 Å². The van der Waals surface area contributed by atoms with Crippen LogP contribution in [0.4, 0.5) is 17.5 Å². The average molecular weight is 401 g/mol. The van der Waals surface area contributed by atoms with Crippen LogP contribution in [-0.4, -0.2) is 66.5 Å². The summed E-state index contributed by atoms with van der Waals surface area (Å²) in [5.74, 6) is 1.52. The highest BCUT2D eigenvalue weighted by Gasteiger charge is 2.28. The highest BCUT2D eigenvalue weighted by atomic mass is 16.5. The zero-order valence-electron chi connectivity index (χ0n) is 17.5. The lowest BCUT2D eigenvalue weighted by Crippen LogP contribution is -2.44. The average Bonchev–Trinajstić information content (AvgIpc) is 2.98. The van der Waals surface area contributed by atoms with Gasteiger partial charge in [0.1, 0.15) is 28.8 Å². The summed E-state index contributed by atoms with van der Waals surface area (Å²) < 4.78 is 10.8. The smallest absolute Gasteiger partial charge is 0.344 e. The van der Waals surface area contributed by atoms with Crippen LogP contribution >= 0.6 is 0 Å². The first-order valence-electron chi connectivity index (χ1n) is 9.67. The first-order valence-corrected chi connectivity index (χ1v) is 9.67. The van der Waals surface area contributed by atoms with E-state index in [0.717, 1.165) is 32.0 Å². The van der Waals surface area contributed by atoms with Gasteiger partial charge in [0.25, 0.3) is 0 Å². The summed E-state index contributed by atoms with van der Waals surface area (Å²) in [4.78, 5) is 38.0. The van der Waals surface area contributed by atoms with Gasteiger partial charge in [0.05, 0.1) is 12.2 Å². The minimum absolute atomic E-state index is 0.0919. The van der Waals surface area contributed by atoms with Crippen LogP contribution in [0.25, 0.3) is 0 Å². The summed E-state index contributed by atoms with van der Waals surface area (Å²) in [6.45, 7) is 10.4. The summed E-state index contributed by atoms with van der Waals surface area (Å²) in [6, 6.07) is 1.82. The van der Waals surface area contributed by atoms with Crippen molar-refractivity contribution in [1.29, 1.82) is 0 Å². The Morgan fingerprint density at radius 2 is 1.86 bits per heavy atom. The first kappa shape index (κ1) is 20.8. The molecule has 1 saturated heterocycles. The van der Waals surface area contributed by atoms with Crippen molar-refractivity contribution in [2.45, 2.75) is 27.7 Å². The summed E-state index contributed by atoms with van der Waals surface area (Å²) in [5.41, 5.74) is 0.310. The Morgan fingerprint density at radius 3 is 2.48 bits per heavy atom. The summed E-state index contributed by atoms with van der Waals surface area (Å²) in [6.07, 6.45) is 0. The molecular formula is C20H27N5O4. The molecule has 1 aliphatic rings. The number of likely N-dealkylation sites (N-methyl/N-ethyl adjacent to an activating group) is 1. The van der Waals surface area contributed by atoms with Gasteiger partial charge < -0.3 is 24.3 Å². The van der Waals surface area contributed by atoms with Crippen LogP contribution in [0.5, 0.6) is 0 Å². The number of Topliss-reactive ketones (excluding diaryl/α,β-unsaturated/α-hetero) is 1. The number of esters is 1. The molecule has 0 aliphatic carbocycles. The van der Waals surface area contributed by atoms with Gasteiger partial charge in [-0.1, -0.05) is 0 Å². The fourth-order valence-electron chi connectivity index (χ4n) is 3.38. The van der Waals surface area contributed by atoms with Crippen molar-refractivity contribution in [1.82, 2.24) is 14.9 Å². The number of aromatic nitrogens is 2. The maximum absolute atomic E-state index is 12.5. The highest BCUT2D eigenvalue weighted by molar-refractivity contribution is 6.09. The third kappa shape index (κ3) is 4.56. The standard InChI is InChI=1S/C20H27N5O4/c1-6-28-20(27)18-17(12(2)26)13(3)29-19(18)23-15-11-16(22-14(4)21-15)25-9-7-24(5)8-10-25/h11H,6-10H2,1-5H3,(H,21,22,23). The number of ether oxygens (including phenoxy) is 1. The predicted octanol–water partition coefficient (Wildman–Crippen LogP) is 2.56. The molecule has 29 heavy (non-hydrogen) atoms. The maximum Gasteiger partial charge on any atom is 0.344 e. The lowest BCUT2D eigenvalue weighted by molar-refractivity contribution is 0.0524. The molecule has 0 spiro atoms. The second-order valence-electron chi connectivity index (χ2n) is 7.09. The monoisotopic (exact) mass is 401 g/mol. The third-order valence-corrected chi connectivity index (χ3v) is 4.81. The van der Waals surface area contributed by atoms with E-state index >= 15 is 0 Å². The van der Waals surface area contributed by atoms with Crippen molar-refractivity contribution in [3.63, 3.8) is 0 Å². The molecule has 0 radical (unpaired) electrons. The second-order valence-corrected chi connectivity index (χ2v) is 7.09. The Hall–Kier alpha value is -2.94. The number of piperazine rings is 1. The summed E-state index contributed by atoms with van der Waals surface area (Å²) >= 11 is 0. The van der Waals surface area contributed by atoms with Gasteiger partial charge >= 0.3 is 5.97 Å². The molecule has 2 aromatic heterocycles. The van der Waals surface area contributed by atoms with E-state index in [1.165, 1.54) is 6.92 Å². The van der Waals surface area contributed by atoms with E-state index in [9.17, 15) is 9.59 Å². The number of rotatable bonds is 6. The number of carbonyl (C=O) groups is 2. The molecule has 3 heterocycles. The van der Waals surface area contributed by atoms with Gasteiger partial charge in [-0.25, -0.2) is 14.8 Å². The number of aryl methyl sites for hydroxylation is 2. The fraction of sp³-hybridized carbons (Fsp3) is 0.500. The number of anilines is 3. The van der Waals surface area contributed by atoms with Gasteiger partial charge in [-0.3, -0.25) is 4.79 Å². The first-order chi connectivity index (χ1) is 13.8. The Bertz CT molecular complexity index is 916. The largest absolute Gasteiger partial charge is 0.462 e. The minimum atomic E-state index is -0.609. The van der Waals surface area contributed by atoms with Crippen LogP contribution in [0, 0.1) is 13.8 Å². The molecule has 9 nitrogen and oxygen atoms in total. The van der Waals surface area contributed by atoms with E-state index in [1.807, 2.05) is 13.0 Å². The zero-order valence-corrected chi connectivity index (χ0v) is 17.5. The minimum Gasteiger partial charge on any atom is -0.462 e. The van der Waals surface area contributed by atoms with Gasteiger partial charge in [-0.05, 0) is 34.7 Å². The molecule has 1 fully saturated rings. The van der Waals surface area contributed by atoms with Crippen LogP contribution in [-0.2, 0) is 4.74 Å². The normalized spacial score (nSPS) is 14.7. The van der Waals surface area contributed by atoms with E-state index in [1.54, 1.807) is 13.8 Å². The van der Waals surface area contributed by atoms with Crippen molar-refractivity contribution in [3.05, 3.63) is 28.8 Å². The lowest BCUT2D eigenvalue weighted by atomic mass is 10.1. The van der Waals surface area contributed by atoms with Gasteiger partial charge in [-0.15, -0.1) is 0 Å². The van der Waals surface area contributed by atoms with E-state index < -0.39 is 5.97 Å². The van der Waals surface area contributed by atoms with E-state index in [-0.39, 0.29) is 29.4 Å². The number of hydrogen-bond donors (Lipinski definition) is 1. The van der Waals surface area contributed by atoms with Gasteiger partial charge in [0.15, 0.2) is 5.78 Å². The quantitative estimate of drug-likeness (QED) is 0.578. The molecule has 0 unspecified atom stereocenters. The van der Waals surface area contributed by atoms with Crippen LogP contribution in [0.1, 0.15) is 46.1 Å². The van der Waals surface area contributed by atoms with Crippen molar-refractivity contribution in [3.8, 4) is 0 Å². The predicted molar refractivity (Wildman–Crippen MR) is 109 cm³/mol. The number of carbonyl (C=O) groups excluding carboxylic acids is 2. The Morgan fingerprint density at radius 1 is 1.17 bits per heavy atom. The Kier molecular flexibility index (Phi) is 6.17. The molecule has 1 N–H and O–H groups in total. The van der Waals surface area contributed by atoms with Crippen molar-refractivity contribution >= 4 is 29.3 Å². The molecule has 3 rings (SSSR count). The molecule has 156 valence electrons. The van der Waals surface area contributed by atoms with Crippen LogP contribution < -0.4 is 10.2 Å². The maximum atomic E-state index is 12.5. The van der Waals surface area contributed by atoms with E-state index in [4.69, 9.17) is 9.15 Å². The number of furan rings is 1. The van der Waals surface area contributed by atoms with Crippen LogP contribution in [0.3, 0.4) is 0 Å². The molecule has 0 aromatic carbocycles. The van der Waals surface area contributed by atoms with Gasteiger partial charge in [-0.2, -0.15) is 0 Å². The Labute approximate surface area is 170 Å². The van der Waals surface area contributed by atoms with E-state index in [0.29, 0.717) is 17.4 Å². The molecule has 9 heteroatoms. The van der Waals surface area contributed by atoms with Crippen molar-refractivity contribution in [2.75, 3.05) is 50.1 Å². The van der Waals surface area contributed by atoms with Gasteiger partial charge in [0.2, 0.25) is 5.88 Å². The molecule has 0 saturated carbocycles. The van der Waals surface area contributed by atoms with Crippen LogP contribution in [0.2, 0.25) is 0 Å². The topological polar surface area (TPSA) is 101 Å². The van der Waals surface area contributed by atoms with Crippen molar-refractivity contribution < 1.29 is 18.7 Å². The second kappa shape index (κ2) is 8.60. The number of ketones is 1. The molecule has 0 atom stereocenters. The number of hydrogen-bond acceptors (Lipinski definition) is 9. The molecular weight excluding hydrogens is 374 g/mol. The zero-order chi connectivity index (χ0) is 21.1. The summed E-state index contributed by atoms with van der Waals surface area (Å²) in [7, 11) is 2.10.